The number of ether oxygens (including phenoxy) is 1. The summed E-state index contributed by atoms with van der Waals surface area (Å²) in [5.74, 6) is 0.787. The summed E-state index contributed by atoms with van der Waals surface area (Å²) in [5.41, 5.74) is 1.49. The van der Waals surface area contributed by atoms with Crippen molar-refractivity contribution >= 4 is 11.4 Å². The van der Waals surface area contributed by atoms with Crippen LogP contribution in [0.3, 0.4) is 0 Å². The molecule has 0 fully saturated rings. The summed E-state index contributed by atoms with van der Waals surface area (Å²) in [5, 5.41) is 12.2. The van der Waals surface area contributed by atoms with Crippen LogP contribution in [0.25, 0.3) is 0 Å². The lowest BCUT2D eigenvalue weighted by Crippen LogP contribution is -1.91. The predicted molar refractivity (Wildman–Crippen MR) is 69.5 cm³/mol. The zero-order valence-electron chi connectivity index (χ0n) is 10.2. The Labute approximate surface area is 105 Å². The zero-order chi connectivity index (χ0) is 12.8. The van der Waals surface area contributed by atoms with Crippen LogP contribution in [-0.2, 0) is 7.05 Å². The Balaban J connectivity index is 2.01. The Hall–Kier alpha value is -2.43. The van der Waals surface area contributed by atoms with Crippen molar-refractivity contribution in [3.05, 3.63) is 49.3 Å². The summed E-state index contributed by atoms with van der Waals surface area (Å²) in [6, 6.07) is 7.39. The lowest BCUT2D eigenvalue weighted by Gasteiger charge is -2.01. The summed E-state index contributed by atoms with van der Waals surface area (Å²) in [6.07, 6.45) is 5.16. The minimum atomic E-state index is 0.497. The first-order chi connectivity index (χ1) is 8.78. The highest BCUT2D eigenvalue weighted by Gasteiger charge is 1.95. The third-order valence-electron chi connectivity index (χ3n) is 2.18. The van der Waals surface area contributed by atoms with Crippen LogP contribution in [-0.4, -0.2) is 16.4 Å². The highest BCUT2D eigenvalue weighted by molar-refractivity contribution is 5.41. The van der Waals surface area contributed by atoms with Crippen molar-refractivity contribution in [1.29, 1.82) is 0 Å². The highest BCUT2D eigenvalue weighted by atomic mass is 16.5. The molecule has 0 N–H and O–H groups in total. The summed E-state index contributed by atoms with van der Waals surface area (Å²) in [7, 11) is 1.84. The Morgan fingerprint density at radius 1 is 1.28 bits per heavy atom. The number of azo groups is 1. The number of benzene rings is 1. The minimum absolute atomic E-state index is 0.497. The molecule has 1 aromatic carbocycles. The van der Waals surface area contributed by atoms with Gasteiger partial charge >= 0.3 is 0 Å². The van der Waals surface area contributed by atoms with Gasteiger partial charge in [-0.05, 0) is 24.3 Å². The van der Waals surface area contributed by atoms with Gasteiger partial charge < -0.3 is 4.74 Å². The van der Waals surface area contributed by atoms with Gasteiger partial charge in [0.2, 0.25) is 0 Å². The molecule has 18 heavy (non-hydrogen) atoms. The molecule has 1 heterocycles. The molecule has 0 bridgehead atoms. The van der Waals surface area contributed by atoms with Crippen LogP contribution in [0.1, 0.15) is 0 Å². The average molecular weight is 242 g/mol. The third-order valence-corrected chi connectivity index (χ3v) is 2.18. The Morgan fingerprint density at radius 3 is 2.61 bits per heavy atom. The molecule has 0 saturated heterocycles. The standard InChI is InChI=1S/C13H14N4O/c1-3-8-18-13-6-4-11(5-7-13)15-16-12-9-14-17(2)10-12/h3-7,9-10H,1,8H2,2H3. The van der Waals surface area contributed by atoms with Crippen molar-refractivity contribution in [2.24, 2.45) is 17.3 Å². The number of hydrogen-bond acceptors (Lipinski definition) is 4. The fraction of sp³-hybridized carbons (Fsp3) is 0.154. The molecule has 5 heteroatoms. The van der Waals surface area contributed by atoms with Crippen LogP contribution in [0.2, 0.25) is 0 Å². The summed E-state index contributed by atoms with van der Waals surface area (Å²) >= 11 is 0. The molecule has 0 aliphatic carbocycles. The molecule has 5 nitrogen and oxygen atoms in total. The molecule has 0 unspecified atom stereocenters. The lowest BCUT2D eigenvalue weighted by molar-refractivity contribution is 0.363. The number of aryl methyl sites for hydroxylation is 1. The van der Waals surface area contributed by atoms with Gasteiger partial charge in [0.05, 0.1) is 18.1 Å². The first-order valence-electron chi connectivity index (χ1n) is 5.52. The van der Waals surface area contributed by atoms with Crippen molar-refractivity contribution < 1.29 is 4.74 Å². The first-order valence-corrected chi connectivity index (χ1v) is 5.52. The first kappa shape index (κ1) is 12.0. The fourth-order valence-corrected chi connectivity index (χ4v) is 1.34. The maximum absolute atomic E-state index is 5.37. The SMILES string of the molecule is C=CCOc1ccc(N=Nc2cnn(C)c2)cc1. The van der Waals surface area contributed by atoms with Gasteiger partial charge in [-0.2, -0.15) is 10.2 Å². The monoisotopic (exact) mass is 242 g/mol. The van der Waals surface area contributed by atoms with Gasteiger partial charge in [0.25, 0.3) is 0 Å². The van der Waals surface area contributed by atoms with Gasteiger partial charge in [0.1, 0.15) is 18.0 Å². The van der Waals surface area contributed by atoms with Crippen LogP contribution in [0.5, 0.6) is 5.75 Å². The van der Waals surface area contributed by atoms with E-state index in [9.17, 15) is 0 Å². The van der Waals surface area contributed by atoms with E-state index in [1.165, 1.54) is 0 Å². The molecule has 0 aliphatic heterocycles. The molecule has 0 atom stereocenters. The van der Waals surface area contributed by atoms with E-state index in [-0.39, 0.29) is 0 Å². The summed E-state index contributed by atoms with van der Waals surface area (Å²) < 4.78 is 7.05. The van der Waals surface area contributed by atoms with E-state index < -0.39 is 0 Å². The highest BCUT2D eigenvalue weighted by Crippen LogP contribution is 2.20. The van der Waals surface area contributed by atoms with Gasteiger partial charge in [-0.15, -0.1) is 5.11 Å². The Kier molecular flexibility index (Phi) is 3.86. The second-order valence-electron chi connectivity index (χ2n) is 3.67. The molecule has 1 aromatic heterocycles. The number of aromatic nitrogens is 2. The molecule has 0 saturated carbocycles. The number of hydrogen-bond donors (Lipinski definition) is 0. The maximum atomic E-state index is 5.37. The molecule has 92 valence electrons. The average Bonchev–Trinajstić information content (AvgIpc) is 2.81. The number of rotatable bonds is 5. The van der Waals surface area contributed by atoms with Crippen molar-refractivity contribution in [3.8, 4) is 5.75 Å². The third kappa shape index (κ3) is 3.28. The van der Waals surface area contributed by atoms with Gasteiger partial charge in [-0.25, -0.2) is 0 Å². The van der Waals surface area contributed by atoms with Crippen LogP contribution in [0, 0.1) is 0 Å². The fourth-order valence-electron chi connectivity index (χ4n) is 1.34. The van der Waals surface area contributed by atoms with Crippen LogP contribution in [0.15, 0.2) is 59.5 Å². The minimum Gasteiger partial charge on any atom is -0.490 e. The van der Waals surface area contributed by atoms with E-state index in [0.717, 1.165) is 17.1 Å². The molecular formula is C13H14N4O. The summed E-state index contributed by atoms with van der Waals surface area (Å²) in [6.45, 7) is 4.09. The van der Waals surface area contributed by atoms with Crippen molar-refractivity contribution in [3.63, 3.8) is 0 Å². The van der Waals surface area contributed by atoms with Crippen molar-refractivity contribution in [2.75, 3.05) is 6.61 Å². The molecule has 2 rings (SSSR count). The van der Waals surface area contributed by atoms with Crippen LogP contribution in [0.4, 0.5) is 11.4 Å². The second-order valence-corrected chi connectivity index (χ2v) is 3.67. The van der Waals surface area contributed by atoms with Crippen LogP contribution < -0.4 is 4.74 Å². The summed E-state index contributed by atoms with van der Waals surface area (Å²) in [4.78, 5) is 0. The van der Waals surface area contributed by atoms with Gasteiger partial charge in [0, 0.05) is 7.05 Å². The number of nitrogens with zero attached hydrogens (tertiary/aromatic N) is 4. The predicted octanol–water partition coefficient (Wildman–Crippen LogP) is 3.40. The maximum Gasteiger partial charge on any atom is 0.124 e. The smallest absolute Gasteiger partial charge is 0.124 e. The normalized spacial score (nSPS) is 10.7. The molecule has 0 amide bonds. The zero-order valence-corrected chi connectivity index (χ0v) is 10.2. The Bertz CT molecular complexity index is 542. The van der Waals surface area contributed by atoms with E-state index in [1.807, 2.05) is 31.3 Å². The van der Waals surface area contributed by atoms with Crippen molar-refractivity contribution in [1.82, 2.24) is 9.78 Å². The van der Waals surface area contributed by atoms with Gasteiger partial charge in [0.15, 0.2) is 0 Å². The molecule has 2 aromatic rings. The molecule has 0 radical (unpaired) electrons. The quantitative estimate of drug-likeness (QED) is 0.596. The van der Waals surface area contributed by atoms with Gasteiger partial charge in [-0.3, -0.25) is 4.68 Å². The molecule has 0 aliphatic rings. The van der Waals surface area contributed by atoms with E-state index in [1.54, 1.807) is 23.2 Å². The van der Waals surface area contributed by atoms with E-state index in [4.69, 9.17) is 4.74 Å². The Morgan fingerprint density at radius 2 is 2.00 bits per heavy atom. The van der Waals surface area contributed by atoms with Crippen LogP contribution >= 0.6 is 0 Å². The lowest BCUT2D eigenvalue weighted by atomic mass is 10.3. The van der Waals surface area contributed by atoms with E-state index in [2.05, 4.69) is 21.9 Å². The topological polar surface area (TPSA) is 51.8 Å². The van der Waals surface area contributed by atoms with E-state index in [0.29, 0.717) is 6.61 Å². The van der Waals surface area contributed by atoms with Crippen molar-refractivity contribution in [2.45, 2.75) is 0 Å². The molecular weight excluding hydrogens is 228 g/mol. The van der Waals surface area contributed by atoms with E-state index >= 15 is 0 Å². The van der Waals surface area contributed by atoms with Gasteiger partial charge in [-0.1, -0.05) is 12.7 Å². The largest absolute Gasteiger partial charge is 0.490 e. The molecule has 0 spiro atoms. The second kappa shape index (κ2) is 5.77.